The molecule has 0 aromatic carbocycles. The third-order valence-electron chi connectivity index (χ3n) is 1.50. The van der Waals surface area contributed by atoms with E-state index in [-0.39, 0.29) is 5.69 Å². The molecule has 0 saturated heterocycles. The first kappa shape index (κ1) is 8.45. The maximum Gasteiger partial charge on any atom is 0.357 e. The maximum atomic E-state index is 11.0. The lowest BCUT2D eigenvalue weighted by atomic mass is 10.2. The van der Waals surface area contributed by atoms with Gasteiger partial charge in [-0.25, -0.2) is 14.8 Å². The van der Waals surface area contributed by atoms with Crippen LogP contribution in [-0.4, -0.2) is 23.0 Å². The molecule has 1 rings (SSSR count). The van der Waals surface area contributed by atoms with E-state index < -0.39 is 5.97 Å². The van der Waals surface area contributed by atoms with Crippen LogP contribution in [0.5, 0.6) is 0 Å². The molecule has 1 heterocycles. The van der Waals surface area contributed by atoms with E-state index in [0.717, 1.165) is 0 Å². The highest BCUT2D eigenvalue weighted by atomic mass is 16.5. The first-order valence-corrected chi connectivity index (χ1v) is 3.32. The van der Waals surface area contributed by atoms with Gasteiger partial charge in [0.25, 0.3) is 0 Å². The zero-order valence-corrected chi connectivity index (χ0v) is 6.87. The third kappa shape index (κ3) is 1.34. The van der Waals surface area contributed by atoms with Crippen LogP contribution in [0.25, 0.3) is 0 Å². The molecule has 0 radical (unpaired) electrons. The lowest BCUT2D eigenvalue weighted by molar-refractivity contribution is 0.0593. The van der Waals surface area contributed by atoms with E-state index in [4.69, 9.17) is 5.73 Å². The molecule has 64 valence electrons. The number of carbonyl (C=O) groups is 1. The number of rotatable bonds is 1. The number of ether oxygens (including phenoxy) is 1. The van der Waals surface area contributed by atoms with Crippen LogP contribution in [-0.2, 0) is 4.74 Å². The quantitative estimate of drug-likeness (QED) is 0.602. The summed E-state index contributed by atoms with van der Waals surface area (Å²) >= 11 is 0. The largest absolute Gasteiger partial charge is 0.464 e. The second-order valence-electron chi connectivity index (χ2n) is 2.22. The number of nitrogen functional groups attached to an aromatic ring is 1. The molecule has 0 amide bonds. The van der Waals surface area contributed by atoms with Crippen LogP contribution in [0.2, 0.25) is 0 Å². The average molecular weight is 167 g/mol. The number of hydrogen-bond acceptors (Lipinski definition) is 5. The zero-order valence-electron chi connectivity index (χ0n) is 6.87. The van der Waals surface area contributed by atoms with Crippen molar-refractivity contribution in [1.29, 1.82) is 0 Å². The predicted octanol–water partition coefficient (Wildman–Crippen LogP) is 0.154. The minimum Gasteiger partial charge on any atom is -0.464 e. The number of methoxy groups -OCH3 is 1. The summed E-state index contributed by atoms with van der Waals surface area (Å²) in [5.74, 6) is -0.202. The molecule has 1 aromatic heterocycles. The molecule has 0 saturated carbocycles. The Morgan fingerprint density at radius 2 is 2.25 bits per heavy atom. The van der Waals surface area contributed by atoms with Crippen molar-refractivity contribution in [2.75, 3.05) is 12.8 Å². The SMILES string of the molecule is COC(=O)c1ncnc(N)c1C. The molecule has 12 heavy (non-hydrogen) atoms. The van der Waals surface area contributed by atoms with Gasteiger partial charge < -0.3 is 10.5 Å². The summed E-state index contributed by atoms with van der Waals surface area (Å²) in [4.78, 5) is 18.5. The standard InChI is InChI=1S/C7H9N3O2/c1-4-5(7(11)12-2)9-3-10-6(4)8/h3H,1-2H3,(H2,8,9,10). The van der Waals surface area contributed by atoms with E-state index in [1.165, 1.54) is 13.4 Å². The second kappa shape index (κ2) is 3.17. The zero-order chi connectivity index (χ0) is 9.14. The fourth-order valence-electron chi connectivity index (χ4n) is 0.766. The van der Waals surface area contributed by atoms with Gasteiger partial charge in [-0.3, -0.25) is 0 Å². The van der Waals surface area contributed by atoms with Gasteiger partial charge in [0.05, 0.1) is 7.11 Å². The van der Waals surface area contributed by atoms with E-state index in [2.05, 4.69) is 14.7 Å². The Kier molecular flexibility index (Phi) is 2.23. The Bertz CT molecular complexity index is 312. The lowest BCUT2D eigenvalue weighted by Crippen LogP contribution is -2.09. The van der Waals surface area contributed by atoms with Gasteiger partial charge in [0, 0.05) is 5.56 Å². The van der Waals surface area contributed by atoms with E-state index in [1.807, 2.05) is 0 Å². The summed E-state index contributed by atoms with van der Waals surface area (Å²) in [5, 5.41) is 0. The first-order chi connectivity index (χ1) is 5.66. The van der Waals surface area contributed by atoms with Gasteiger partial charge in [0.1, 0.15) is 12.1 Å². The van der Waals surface area contributed by atoms with Crippen molar-refractivity contribution < 1.29 is 9.53 Å². The number of esters is 1. The maximum absolute atomic E-state index is 11.0. The molecule has 1 aromatic rings. The van der Waals surface area contributed by atoms with Crippen molar-refractivity contribution in [3.8, 4) is 0 Å². The Balaban J connectivity index is 3.16. The normalized spacial score (nSPS) is 9.50. The smallest absolute Gasteiger partial charge is 0.357 e. The molecule has 0 unspecified atom stereocenters. The molecule has 0 aliphatic heterocycles. The molecule has 0 aliphatic rings. The van der Waals surface area contributed by atoms with Gasteiger partial charge in [-0.05, 0) is 6.92 Å². The van der Waals surface area contributed by atoms with Crippen LogP contribution in [0.3, 0.4) is 0 Å². The van der Waals surface area contributed by atoms with Crippen LogP contribution in [0.1, 0.15) is 16.1 Å². The van der Waals surface area contributed by atoms with E-state index >= 15 is 0 Å². The van der Waals surface area contributed by atoms with Crippen LogP contribution >= 0.6 is 0 Å². The van der Waals surface area contributed by atoms with Crippen molar-refractivity contribution in [2.24, 2.45) is 0 Å². The summed E-state index contributed by atoms with van der Waals surface area (Å²) in [5.41, 5.74) is 6.21. The van der Waals surface area contributed by atoms with Crippen LogP contribution < -0.4 is 5.73 Å². The van der Waals surface area contributed by atoms with Gasteiger partial charge in [-0.15, -0.1) is 0 Å². The van der Waals surface area contributed by atoms with E-state index in [0.29, 0.717) is 11.4 Å². The average Bonchev–Trinajstić information content (AvgIpc) is 2.08. The van der Waals surface area contributed by atoms with Gasteiger partial charge in [0.2, 0.25) is 0 Å². The highest BCUT2D eigenvalue weighted by Crippen LogP contribution is 2.10. The van der Waals surface area contributed by atoms with Gasteiger partial charge in [-0.2, -0.15) is 0 Å². The Morgan fingerprint density at radius 1 is 1.58 bits per heavy atom. The number of anilines is 1. The molecular formula is C7H9N3O2. The summed E-state index contributed by atoms with van der Waals surface area (Å²) in [7, 11) is 1.29. The molecular weight excluding hydrogens is 158 g/mol. The molecule has 0 bridgehead atoms. The number of carbonyl (C=O) groups excluding carboxylic acids is 1. The van der Waals surface area contributed by atoms with E-state index in [9.17, 15) is 4.79 Å². The molecule has 0 spiro atoms. The summed E-state index contributed by atoms with van der Waals surface area (Å²) in [6.45, 7) is 1.67. The van der Waals surface area contributed by atoms with Crippen molar-refractivity contribution in [2.45, 2.75) is 6.92 Å². The topological polar surface area (TPSA) is 78.1 Å². The molecule has 0 atom stereocenters. The van der Waals surface area contributed by atoms with Gasteiger partial charge >= 0.3 is 5.97 Å². The van der Waals surface area contributed by atoms with Gasteiger partial charge in [0.15, 0.2) is 5.69 Å². The first-order valence-electron chi connectivity index (χ1n) is 3.32. The van der Waals surface area contributed by atoms with Crippen LogP contribution in [0.4, 0.5) is 5.82 Å². The summed E-state index contributed by atoms with van der Waals surface area (Å²) < 4.78 is 4.49. The van der Waals surface area contributed by atoms with Crippen molar-refractivity contribution in [1.82, 2.24) is 9.97 Å². The highest BCUT2D eigenvalue weighted by Gasteiger charge is 2.12. The molecule has 5 nitrogen and oxygen atoms in total. The number of nitrogens with zero attached hydrogens (tertiary/aromatic N) is 2. The Labute approximate surface area is 69.6 Å². The molecule has 5 heteroatoms. The monoisotopic (exact) mass is 167 g/mol. The highest BCUT2D eigenvalue weighted by molar-refractivity contribution is 5.89. The third-order valence-corrected chi connectivity index (χ3v) is 1.50. The predicted molar refractivity (Wildman–Crippen MR) is 42.5 cm³/mol. The number of hydrogen-bond donors (Lipinski definition) is 1. The van der Waals surface area contributed by atoms with Crippen molar-refractivity contribution >= 4 is 11.8 Å². The van der Waals surface area contributed by atoms with Gasteiger partial charge in [-0.1, -0.05) is 0 Å². The summed E-state index contributed by atoms with van der Waals surface area (Å²) in [6.07, 6.45) is 1.23. The Morgan fingerprint density at radius 3 is 2.83 bits per heavy atom. The van der Waals surface area contributed by atoms with Crippen LogP contribution in [0.15, 0.2) is 6.33 Å². The lowest BCUT2D eigenvalue weighted by Gasteiger charge is -2.02. The second-order valence-corrected chi connectivity index (χ2v) is 2.22. The molecule has 0 fully saturated rings. The Hall–Kier alpha value is -1.65. The molecule has 2 N–H and O–H groups in total. The number of nitrogens with two attached hydrogens (primary N) is 1. The minimum atomic E-state index is -0.499. The minimum absolute atomic E-state index is 0.213. The van der Waals surface area contributed by atoms with Crippen molar-refractivity contribution in [3.63, 3.8) is 0 Å². The van der Waals surface area contributed by atoms with Crippen molar-refractivity contribution in [3.05, 3.63) is 17.6 Å². The van der Waals surface area contributed by atoms with Crippen LogP contribution in [0, 0.1) is 6.92 Å². The van der Waals surface area contributed by atoms with E-state index in [1.54, 1.807) is 6.92 Å². The fraction of sp³-hybridized carbons (Fsp3) is 0.286. The summed E-state index contributed by atoms with van der Waals surface area (Å²) in [6, 6.07) is 0. The fourth-order valence-corrected chi connectivity index (χ4v) is 0.766. The molecule has 0 aliphatic carbocycles. The number of aromatic nitrogens is 2.